The van der Waals surface area contributed by atoms with E-state index < -0.39 is 0 Å². The van der Waals surface area contributed by atoms with Gasteiger partial charge in [0, 0.05) is 15.7 Å². The van der Waals surface area contributed by atoms with Gasteiger partial charge in [0.25, 0.3) is 5.91 Å². The van der Waals surface area contributed by atoms with Crippen molar-refractivity contribution in [3.8, 4) is 0 Å². The van der Waals surface area contributed by atoms with Gasteiger partial charge in [0.15, 0.2) is 0 Å². The number of carbonyl (C=O) groups excluding carboxylic acids is 1. The first-order valence-electron chi connectivity index (χ1n) is 9.77. The summed E-state index contributed by atoms with van der Waals surface area (Å²) in [6.45, 7) is 0. The fourth-order valence-electron chi connectivity index (χ4n) is 6.18. The molecule has 0 aromatic heterocycles. The van der Waals surface area contributed by atoms with Gasteiger partial charge in [0.2, 0.25) is 0 Å². The van der Waals surface area contributed by atoms with Gasteiger partial charge < -0.3 is 5.32 Å². The first-order chi connectivity index (χ1) is 12.6. The minimum absolute atomic E-state index is 0.0555. The molecule has 0 spiro atoms. The van der Waals surface area contributed by atoms with Crippen molar-refractivity contribution in [2.45, 2.75) is 43.9 Å². The van der Waals surface area contributed by atoms with E-state index in [0.717, 1.165) is 27.9 Å². The molecule has 26 heavy (non-hydrogen) atoms. The molecule has 2 aromatic carbocycles. The lowest BCUT2D eigenvalue weighted by atomic mass is 9.48. The third-order valence-electron chi connectivity index (χ3n) is 6.90. The minimum Gasteiger partial charge on any atom is -0.322 e. The number of halogens is 1. The van der Waals surface area contributed by atoms with E-state index in [1.807, 2.05) is 24.3 Å². The Balaban J connectivity index is 1.33. The summed E-state index contributed by atoms with van der Waals surface area (Å²) in [5, 5.41) is 3.02. The molecule has 6 rings (SSSR count). The summed E-state index contributed by atoms with van der Waals surface area (Å²) in [4.78, 5) is 12.4. The fourth-order valence-corrected chi connectivity index (χ4v) is 6.44. The summed E-state index contributed by atoms with van der Waals surface area (Å²) in [6.07, 6.45) is 8.55. The van der Waals surface area contributed by atoms with E-state index >= 15 is 0 Å². The fraction of sp³-hybridized carbons (Fsp3) is 0.435. The normalized spacial score (nSPS) is 31.8. The van der Waals surface area contributed by atoms with Crippen LogP contribution in [0, 0.1) is 17.8 Å². The Labute approximate surface area is 163 Å². The molecule has 0 unspecified atom stereocenters. The summed E-state index contributed by atoms with van der Waals surface area (Å²) in [5.74, 6) is 2.81. The maximum absolute atomic E-state index is 12.4. The lowest BCUT2D eigenvalue weighted by molar-refractivity contribution is -0.00518. The standard InChI is InChI=1S/C23H24BrNO/c24-20-5-1-18(2-6-20)22(26)25-21-7-3-19(4-8-21)23-12-15-9-16(13-23)11-17(10-15)14-23/h1-8,15-17H,9-14H2,(H,25,26). The van der Waals surface area contributed by atoms with Gasteiger partial charge in [-0.1, -0.05) is 28.1 Å². The van der Waals surface area contributed by atoms with Crippen molar-refractivity contribution in [2.24, 2.45) is 17.8 Å². The number of rotatable bonds is 3. The third-order valence-corrected chi connectivity index (χ3v) is 7.43. The van der Waals surface area contributed by atoms with E-state index in [-0.39, 0.29) is 5.91 Å². The molecule has 1 amide bonds. The number of hydrogen-bond acceptors (Lipinski definition) is 1. The summed E-state index contributed by atoms with van der Waals surface area (Å²) in [5.41, 5.74) is 3.48. The predicted octanol–water partition coefficient (Wildman–Crippen LogP) is 6.17. The molecule has 134 valence electrons. The quantitative estimate of drug-likeness (QED) is 0.644. The monoisotopic (exact) mass is 409 g/mol. The molecular weight excluding hydrogens is 386 g/mol. The van der Waals surface area contributed by atoms with Crippen LogP contribution in [0.4, 0.5) is 5.69 Å². The Morgan fingerprint density at radius 1 is 0.846 bits per heavy atom. The topological polar surface area (TPSA) is 29.1 Å². The minimum atomic E-state index is -0.0555. The Morgan fingerprint density at radius 2 is 1.38 bits per heavy atom. The van der Waals surface area contributed by atoms with Crippen LogP contribution in [-0.4, -0.2) is 5.91 Å². The van der Waals surface area contributed by atoms with E-state index in [9.17, 15) is 4.79 Å². The molecule has 2 nitrogen and oxygen atoms in total. The molecule has 2 aromatic rings. The van der Waals surface area contributed by atoms with Gasteiger partial charge in [-0.3, -0.25) is 4.79 Å². The maximum atomic E-state index is 12.4. The number of amides is 1. The summed E-state index contributed by atoms with van der Waals surface area (Å²) < 4.78 is 0.981. The van der Waals surface area contributed by atoms with Crippen molar-refractivity contribution >= 4 is 27.5 Å². The van der Waals surface area contributed by atoms with Gasteiger partial charge in [-0.05, 0) is 104 Å². The average molecular weight is 410 g/mol. The molecule has 0 saturated heterocycles. The van der Waals surface area contributed by atoms with Crippen LogP contribution in [0.5, 0.6) is 0 Å². The maximum Gasteiger partial charge on any atom is 0.255 e. The lowest BCUT2D eigenvalue weighted by Crippen LogP contribution is -2.48. The van der Waals surface area contributed by atoms with Crippen LogP contribution in [0.25, 0.3) is 0 Å². The van der Waals surface area contributed by atoms with Crippen LogP contribution in [0.2, 0.25) is 0 Å². The predicted molar refractivity (Wildman–Crippen MR) is 108 cm³/mol. The van der Waals surface area contributed by atoms with Crippen LogP contribution in [-0.2, 0) is 5.41 Å². The van der Waals surface area contributed by atoms with E-state index in [2.05, 4.69) is 45.5 Å². The second-order valence-electron chi connectivity index (χ2n) is 8.74. The smallest absolute Gasteiger partial charge is 0.255 e. The third kappa shape index (κ3) is 2.90. The van der Waals surface area contributed by atoms with Gasteiger partial charge >= 0.3 is 0 Å². The summed E-state index contributed by atoms with van der Waals surface area (Å²) in [7, 11) is 0. The first kappa shape index (κ1) is 16.6. The molecule has 4 aliphatic carbocycles. The molecular formula is C23H24BrNO. The molecule has 4 aliphatic rings. The number of benzene rings is 2. The Morgan fingerprint density at radius 3 is 1.92 bits per heavy atom. The van der Waals surface area contributed by atoms with Crippen LogP contribution < -0.4 is 5.32 Å². The van der Waals surface area contributed by atoms with Crippen molar-refractivity contribution in [3.05, 3.63) is 64.1 Å². The molecule has 4 fully saturated rings. The van der Waals surface area contributed by atoms with Crippen molar-refractivity contribution in [1.82, 2.24) is 0 Å². The average Bonchev–Trinajstić information content (AvgIpc) is 2.61. The number of anilines is 1. The molecule has 4 saturated carbocycles. The Hall–Kier alpha value is -1.61. The summed E-state index contributed by atoms with van der Waals surface area (Å²) in [6, 6.07) is 16.2. The molecule has 0 heterocycles. The zero-order chi connectivity index (χ0) is 17.7. The van der Waals surface area contributed by atoms with Crippen molar-refractivity contribution in [2.75, 3.05) is 5.32 Å². The van der Waals surface area contributed by atoms with Crippen molar-refractivity contribution < 1.29 is 4.79 Å². The largest absolute Gasteiger partial charge is 0.322 e. The second-order valence-corrected chi connectivity index (χ2v) is 9.65. The number of nitrogens with one attached hydrogen (secondary N) is 1. The molecule has 0 aliphatic heterocycles. The molecule has 1 N–H and O–H groups in total. The van der Waals surface area contributed by atoms with E-state index in [1.54, 1.807) is 0 Å². The summed E-state index contributed by atoms with van der Waals surface area (Å²) >= 11 is 3.40. The van der Waals surface area contributed by atoms with E-state index in [0.29, 0.717) is 11.0 Å². The van der Waals surface area contributed by atoms with E-state index in [4.69, 9.17) is 0 Å². The zero-order valence-electron chi connectivity index (χ0n) is 14.9. The van der Waals surface area contributed by atoms with Crippen LogP contribution >= 0.6 is 15.9 Å². The molecule has 3 heteroatoms. The van der Waals surface area contributed by atoms with Crippen molar-refractivity contribution in [1.29, 1.82) is 0 Å². The highest BCUT2D eigenvalue weighted by atomic mass is 79.9. The Kier molecular flexibility index (Phi) is 3.97. The van der Waals surface area contributed by atoms with Crippen molar-refractivity contribution in [3.63, 3.8) is 0 Å². The van der Waals surface area contributed by atoms with Gasteiger partial charge in [0.1, 0.15) is 0 Å². The van der Waals surface area contributed by atoms with E-state index in [1.165, 1.54) is 44.1 Å². The zero-order valence-corrected chi connectivity index (χ0v) is 16.5. The second kappa shape index (κ2) is 6.23. The highest BCUT2D eigenvalue weighted by molar-refractivity contribution is 9.10. The lowest BCUT2D eigenvalue weighted by Gasteiger charge is -2.57. The van der Waals surface area contributed by atoms with Gasteiger partial charge in [-0.25, -0.2) is 0 Å². The van der Waals surface area contributed by atoms with Gasteiger partial charge in [0.05, 0.1) is 0 Å². The van der Waals surface area contributed by atoms with Gasteiger partial charge in [-0.15, -0.1) is 0 Å². The molecule has 0 radical (unpaired) electrons. The van der Waals surface area contributed by atoms with Crippen LogP contribution in [0.1, 0.15) is 54.4 Å². The first-order valence-corrected chi connectivity index (χ1v) is 10.6. The molecule has 4 bridgehead atoms. The van der Waals surface area contributed by atoms with Crippen LogP contribution in [0.15, 0.2) is 53.0 Å². The highest BCUT2D eigenvalue weighted by Crippen LogP contribution is 2.60. The van der Waals surface area contributed by atoms with Gasteiger partial charge in [-0.2, -0.15) is 0 Å². The molecule has 0 atom stereocenters. The number of hydrogen-bond donors (Lipinski definition) is 1. The SMILES string of the molecule is O=C(Nc1ccc(C23CC4CC(CC(C4)C2)C3)cc1)c1ccc(Br)cc1. The highest BCUT2D eigenvalue weighted by Gasteiger charge is 2.51. The van der Waals surface area contributed by atoms with Crippen LogP contribution in [0.3, 0.4) is 0 Å². The number of carbonyl (C=O) groups is 1. The Bertz CT molecular complexity index is 789.